The van der Waals surface area contributed by atoms with Crippen LogP contribution in [0, 0.1) is 13.8 Å². The molecule has 1 aliphatic heterocycles. The maximum absolute atomic E-state index is 11.8. The van der Waals surface area contributed by atoms with E-state index in [4.69, 9.17) is 4.84 Å². The van der Waals surface area contributed by atoms with E-state index in [1.807, 2.05) is 25.6 Å². The number of nitrogens with zero attached hydrogens (tertiary/aromatic N) is 3. The van der Waals surface area contributed by atoms with Crippen LogP contribution in [0.1, 0.15) is 29.8 Å². The molecule has 0 radical (unpaired) electrons. The quantitative estimate of drug-likeness (QED) is 0.792. The van der Waals surface area contributed by atoms with Gasteiger partial charge in [0.05, 0.1) is 18.8 Å². The Labute approximate surface area is 101 Å². The number of hydroxylamine groups is 2. The van der Waals surface area contributed by atoms with Crippen molar-refractivity contribution < 1.29 is 9.63 Å². The average Bonchev–Trinajstić information content (AvgIpc) is 2.88. The third kappa shape index (κ3) is 2.49. The SMILES string of the molecule is Cc1nn(C)c(C)c1CCC(=O)N1CCCO1. The van der Waals surface area contributed by atoms with Gasteiger partial charge < -0.3 is 0 Å². The predicted molar refractivity (Wildman–Crippen MR) is 63.3 cm³/mol. The Morgan fingerprint density at radius 2 is 2.24 bits per heavy atom. The fourth-order valence-corrected chi connectivity index (χ4v) is 2.18. The second-order valence-electron chi connectivity index (χ2n) is 4.46. The summed E-state index contributed by atoms with van der Waals surface area (Å²) in [7, 11) is 1.93. The molecular formula is C12H19N3O2. The van der Waals surface area contributed by atoms with Crippen molar-refractivity contribution in [3.8, 4) is 0 Å². The van der Waals surface area contributed by atoms with Gasteiger partial charge in [0.15, 0.2) is 0 Å². The lowest BCUT2D eigenvalue weighted by Gasteiger charge is -2.13. The molecule has 0 bridgehead atoms. The van der Waals surface area contributed by atoms with Crippen molar-refractivity contribution in [1.29, 1.82) is 0 Å². The molecule has 0 unspecified atom stereocenters. The van der Waals surface area contributed by atoms with Crippen molar-refractivity contribution >= 4 is 5.91 Å². The minimum atomic E-state index is 0.0742. The van der Waals surface area contributed by atoms with Crippen LogP contribution in [-0.2, 0) is 23.1 Å². The number of aromatic nitrogens is 2. The molecule has 1 aromatic heterocycles. The van der Waals surface area contributed by atoms with Gasteiger partial charge in [-0.1, -0.05) is 0 Å². The van der Waals surface area contributed by atoms with Crippen molar-refractivity contribution in [2.24, 2.45) is 7.05 Å². The maximum Gasteiger partial charge on any atom is 0.246 e. The Kier molecular flexibility index (Phi) is 3.47. The summed E-state index contributed by atoms with van der Waals surface area (Å²) in [5.41, 5.74) is 3.33. The number of amides is 1. The highest BCUT2D eigenvalue weighted by molar-refractivity contribution is 5.75. The first kappa shape index (κ1) is 12.1. The summed E-state index contributed by atoms with van der Waals surface area (Å²) in [5.74, 6) is 0.0742. The van der Waals surface area contributed by atoms with Gasteiger partial charge in [-0.25, -0.2) is 5.06 Å². The maximum atomic E-state index is 11.8. The standard InChI is InChI=1S/C12H19N3O2/c1-9-11(10(2)14(3)13-9)5-6-12(16)15-7-4-8-17-15/h4-8H2,1-3H3. The number of aryl methyl sites for hydroxylation is 2. The molecule has 5 nitrogen and oxygen atoms in total. The first-order valence-electron chi connectivity index (χ1n) is 6.02. The molecule has 2 heterocycles. The largest absolute Gasteiger partial charge is 0.273 e. The van der Waals surface area contributed by atoms with Crippen molar-refractivity contribution in [2.75, 3.05) is 13.2 Å². The smallest absolute Gasteiger partial charge is 0.246 e. The summed E-state index contributed by atoms with van der Waals surface area (Å²) in [6, 6.07) is 0. The summed E-state index contributed by atoms with van der Waals surface area (Å²) in [6.07, 6.45) is 2.17. The fourth-order valence-electron chi connectivity index (χ4n) is 2.18. The minimum absolute atomic E-state index is 0.0742. The van der Waals surface area contributed by atoms with Crippen LogP contribution in [0.2, 0.25) is 0 Å². The molecule has 0 N–H and O–H groups in total. The van der Waals surface area contributed by atoms with E-state index < -0.39 is 0 Å². The summed E-state index contributed by atoms with van der Waals surface area (Å²) >= 11 is 0. The van der Waals surface area contributed by atoms with Crippen LogP contribution in [0.3, 0.4) is 0 Å². The second-order valence-corrected chi connectivity index (χ2v) is 4.46. The van der Waals surface area contributed by atoms with E-state index in [0.717, 1.165) is 30.8 Å². The summed E-state index contributed by atoms with van der Waals surface area (Å²) in [6.45, 7) is 5.41. The Morgan fingerprint density at radius 1 is 1.47 bits per heavy atom. The molecule has 0 aliphatic carbocycles. The van der Waals surface area contributed by atoms with Gasteiger partial charge in [-0.15, -0.1) is 0 Å². The number of hydrogen-bond acceptors (Lipinski definition) is 3. The van der Waals surface area contributed by atoms with Crippen molar-refractivity contribution in [2.45, 2.75) is 33.1 Å². The molecule has 17 heavy (non-hydrogen) atoms. The molecule has 5 heteroatoms. The van der Waals surface area contributed by atoms with Gasteiger partial charge in [0.25, 0.3) is 0 Å². The molecule has 1 amide bonds. The van der Waals surface area contributed by atoms with E-state index in [1.165, 1.54) is 10.6 Å². The Bertz CT molecular complexity index is 420. The zero-order chi connectivity index (χ0) is 12.4. The molecule has 94 valence electrons. The van der Waals surface area contributed by atoms with Crippen LogP contribution in [0.4, 0.5) is 0 Å². The van der Waals surface area contributed by atoms with Crippen molar-refractivity contribution in [3.63, 3.8) is 0 Å². The van der Waals surface area contributed by atoms with Gasteiger partial charge in [-0.2, -0.15) is 5.10 Å². The van der Waals surface area contributed by atoms with E-state index in [-0.39, 0.29) is 5.91 Å². The molecule has 1 aliphatic rings. The first-order chi connectivity index (χ1) is 8.09. The molecule has 0 spiro atoms. The molecule has 1 saturated heterocycles. The molecule has 0 aromatic carbocycles. The highest BCUT2D eigenvalue weighted by Crippen LogP contribution is 2.15. The van der Waals surface area contributed by atoms with Crippen LogP contribution >= 0.6 is 0 Å². The number of carbonyl (C=O) groups excluding carboxylic acids is 1. The van der Waals surface area contributed by atoms with Crippen molar-refractivity contribution in [1.82, 2.24) is 14.8 Å². The van der Waals surface area contributed by atoms with Gasteiger partial charge >= 0.3 is 0 Å². The van der Waals surface area contributed by atoms with Gasteiger partial charge in [-0.05, 0) is 32.3 Å². The molecular weight excluding hydrogens is 218 g/mol. The molecule has 2 rings (SSSR count). The lowest BCUT2D eigenvalue weighted by Crippen LogP contribution is -2.26. The topological polar surface area (TPSA) is 47.4 Å². The Morgan fingerprint density at radius 3 is 2.76 bits per heavy atom. The monoisotopic (exact) mass is 237 g/mol. The molecule has 0 atom stereocenters. The summed E-state index contributed by atoms with van der Waals surface area (Å²) < 4.78 is 1.86. The highest BCUT2D eigenvalue weighted by atomic mass is 16.7. The van der Waals surface area contributed by atoms with Crippen LogP contribution in [-0.4, -0.2) is 33.9 Å². The van der Waals surface area contributed by atoms with Crippen LogP contribution in [0.25, 0.3) is 0 Å². The van der Waals surface area contributed by atoms with Crippen LogP contribution in [0.15, 0.2) is 0 Å². The Hall–Kier alpha value is -1.36. The fraction of sp³-hybridized carbons (Fsp3) is 0.667. The zero-order valence-electron chi connectivity index (χ0n) is 10.7. The number of hydrogen-bond donors (Lipinski definition) is 0. The third-order valence-corrected chi connectivity index (χ3v) is 3.28. The van der Waals surface area contributed by atoms with E-state index >= 15 is 0 Å². The van der Waals surface area contributed by atoms with Gasteiger partial charge in [-0.3, -0.25) is 14.3 Å². The number of rotatable bonds is 3. The second kappa shape index (κ2) is 4.87. The number of carbonyl (C=O) groups is 1. The average molecular weight is 237 g/mol. The summed E-state index contributed by atoms with van der Waals surface area (Å²) in [5, 5.41) is 5.83. The predicted octanol–water partition coefficient (Wildman–Crippen LogP) is 1.13. The molecule has 1 fully saturated rings. The lowest BCUT2D eigenvalue weighted by molar-refractivity contribution is -0.168. The third-order valence-electron chi connectivity index (χ3n) is 3.28. The van der Waals surface area contributed by atoms with Crippen LogP contribution in [0.5, 0.6) is 0 Å². The molecule has 1 aromatic rings. The van der Waals surface area contributed by atoms with E-state index in [9.17, 15) is 4.79 Å². The van der Waals surface area contributed by atoms with Crippen molar-refractivity contribution in [3.05, 3.63) is 17.0 Å². The molecule has 0 saturated carbocycles. The van der Waals surface area contributed by atoms with Gasteiger partial charge in [0.2, 0.25) is 5.91 Å². The van der Waals surface area contributed by atoms with Gasteiger partial charge in [0.1, 0.15) is 0 Å². The minimum Gasteiger partial charge on any atom is -0.273 e. The first-order valence-corrected chi connectivity index (χ1v) is 6.02. The van der Waals surface area contributed by atoms with Crippen LogP contribution < -0.4 is 0 Å². The van der Waals surface area contributed by atoms with E-state index in [2.05, 4.69) is 5.10 Å². The van der Waals surface area contributed by atoms with E-state index in [0.29, 0.717) is 13.0 Å². The zero-order valence-corrected chi connectivity index (χ0v) is 10.7. The van der Waals surface area contributed by atoms with Gasteiger partial charge in [0, 0.05) is 19.2 Å². The highest BCUT2D eigenvalue weighted by Gasteiger charge is 2.20. The Balaban J connectivity index is 1.95. The lowest BCUT2D eigenvalue weighted by atomic mass is 10.1. The van der Waals surface area contributed by atoms with E-state index in [1.54, 1.807) is 0 Å². The normalized spacial score (nSPS) is 15.6. The summed E-state index contributed by atoms with van der Waals surface area (Å²) in [4.78, 5) is 17.1.